The first-order valence-corrected chi connectivity index (χ1v) is 4.15. The van der Waals surface area contributed by atoms with Gasteiger partial charge in [0.25, 0.3) is 0 Å². The number of hydrogen-bond donors (Lipinski definition) is 2. The highest BCUT2D eigenvalue weighted by Gasteiger charge is 2.10. The van der Waals surface area contributed by atoms with Crippen LogP contribution in [0.2, 0.25) is 0 Å². The topological polar surface area (TPSA) is 69.9 Å². The lowest BCUT2D eigenvalue weighted by molar-refractivity contribution is 0.0696. The molecular formula is C8H6BrNO3. The van der Waals surface area contributed by atoms with Crippen molar-refractivity contribution in [3.63, 3.8) is 0 Å². The summed E-state index contributed by atoms with van der Waals surface area (Å²) in [7, 11) is 0. The van der Waals surface area contributed by atoms with Gasteiger partial charge in [-0.3, -0.25) is 0 Å². The van der Waals surface area contributed by atoms with Gasteiger partial charge in [-0.1, -0.05) is 27.2 Å². The standard InChI is InChI=1S/C8H6BrNO3/c9-7-3-1-2-5(8(11)12)6(7)4-10-13/h1-4,13H,(H,11,12)/b10-4+. The average molecular weight is 244 g/mol. The quantitative estimate of drug-likeness (QED) is 0.474. The molecule has 0 aliphatic rings. The van der Waals surface area contributed by atoms with Crippen molar-refractivity contribution in [2.45, 2.75) is 0 Å². The minimum absolute atomic E-state index is 0.0900. The maximum atomic E-state index is 10.7. The summed E-state index contributed by atoms with van der Waals surface area (Å²) in [5, 5.41) is 19.9. The van der Waals surface area contributed by atoms with E-state index in [0.717, 1.165) is 6.21 Å². The van der Waals surface area contributed by atoms with Crippen LogP contribution in [0.1, 0.15) is 15.9 Å². The van der Waals surface area contributed by atoms with Crippen molar-refractivity contribution in [2.75, 3.05) is 0 Å². The number of nitrogens with zero attached hydrogens (tertiary/aromatic N) is 1. The lowest BCUT2D eigenvalue weighted by atomic mass is 10.1. The fourth-order valence-electron chi connectivity index (χ4n) is 0.912. The van der Waals surface area contributed by atoms with Crippen LogP contribution in [-0.2, 0) is 0 Å². The zero-order chi connectivity index (χ0) is 9.84. The van der Waals surface area contributed by atoms with Crippen molar-refractivity contribution >= 4 is 28.1 Å². The molecule has 2 N–H and O–H groups in total. The van der Waals surface area contributed by atoms with E-state index in [-0.39, 0.29) is 5.56 Å². The van der Waals surface area contributed by atoms with Crippen molar-refractivity contribution < 1.29 is 15.1 Å². The Kier molecular flexibility index (Phi) is 3.02. The summed E-state index contributed by atoms with van der Waals surface area (Å²) in [6.07, 6.45) is 1.08. The molecule has 13 heavy (non-hydrogen) atoms. The Morgan fingerprint density at radius 2 is 2.23 bits per heavy atom. The first-order valence-electron chi connectivity index (χ1n) is 3.36. The first kappa shape index (κ1) is 9.73. The molecule has 0 aliphatic carbocycles. The van der Waals surface area contributed by atoms with Crippen LogP contribution in [0, 0.1) is 0 Å². The van der Waals surface area contributed by atoms with Gasteiger partial charge in [0, 0.05) is 10.0 Å². The van der Waals surface area contributed by atoms with Gasteiger partial charge < -0.3 is 10.3 Å². The van der Waals surface area contributed by atoms with Crippen LogP contribution in [0.15, 0.2) is 27.8 Å². The fourth-order valence-corrected chi connectivity index (χ4v) is 1.38. The van der Waals surface area contributed by atoms with Crippen LogP contribution < -0.4 is 0 Å². The second-order valence-corrected chi connectivity index (χ2v) is 3.11. The van der Waals surface area contributed by atoms with Crippen molar-refractivity contribution in [3.05, 3.63) is 33.8 Å². The molecule has 0 heterocycles. The molecule has 1 aromatic carbocycles. The average Bonchev–Trinajstić information content (AvgIpc) is 2.08. The highest BCUT2D eigenvalue weighted by Crippen LogP contribution is 2.18. The molecule has 5 heteroatoms. The fraction of sp³-hybridized carbons (Fsp3) is 0. The molecule has 4 nitrogen and oxygen atoms in total. The van der Waals surface area contributed by atoms with Crippen molar-refractivity contribution in [3.8, 4) is 0 Å². The monoisotopic (exact) mass is 243 g/mol. The summed E-state index contributed by atoms with van der Waals surface area (Å²) < 4.78 is 0.574. The molecule has 68 valence electrons. The summed E-state index contributed by atoms with van der Waals surface area (Å²) in [6, 6.07) is 4.70. The third-order valence-corrected chi connectivity index (χ3v) is 2.16. The highest BCUT2D eigenvalue weighted by atomic mass is 79.9. The van der Waals surface area contributed by atoms with E-state index in [2.05, 4.69) is 21.1 Å². The lowest BCUT2D eigenvalue weighted by Gasteiger charge is -2.01. The zero-order valence-electron chi connectivity index (χ0n) is 6.44. The molecule has 0 radical (unpaired) electrons. The van der Waals surface area contributed by atoms with Crippen LogP contribution in [-0.4, -0.2) is 22.5 Å². The van der Waals surface area contributed by atoms with Gasteiger partial charge in [0.15, 0.2) is 0 Å². The lowest BCUT2D eigenvalue weighted by Crippen LogP contribution is -2.02. The Hall–Kier alpha value is -1.36. The van der Waals surface area contributed by atoms with Crippen molar-refractivity contribution in [1.82, 2.24) is 0 Å². The number of halogens is 1. The van der Waals surface area contributed by atoms with Crippen LogP contribution in [0.4, 0.5) is 0 Å². The summed E-state index contributed by atoms with van der Waals surface area (Å²) in [5.41, 5.74) is 0.435. The maximum Gasteiger partial charge on any atom is 0.336 e. The van der Waals surface area contributed by atoms with E-state index >= 15 is 0 Å². The number of carboxylic acids is 1. The Morgan fingerprint density at radius 1 is 1.54 bits per heavy atom. The number of aromatic carboxylic acids is 1. The molecule has 0 fully saturated rings. The van der Waals surface area contributed by atoms with Gasteiger partial charge in [-0.2, -0.15) is 0 Å². The molecule has 1 aromatic rings. The van der Waals surface area contributed by atoms with E-state index in [1.54, 1.807) is 12.1 Å². The van der Waals surface area contributed by atoms with E-state index in [9.17, 15) is 4.79 Å². The summed E-state index contributed by atoms with van der Waals surface area (Å²) in [5.74, 6) is -1.06. The Balaban J connectivity index is 3.33. The highest BCUT2D eigenvalue weighted by molar-refractivity contribution is 9.10. The molecule has 0 amide bonds. The van der Waals surface area contributed by atoms with E-state index in [0.29, 0.717) is 10.0 Å². The van der Waals surface area contributed by atoms with Crippen LogP contribution >= 0.6 is 15.9 Å². The molecule has 0 atom stereocenters. The molecular weight excluding hydrogens is 238 g/mol. The Morgan fingerprint density at radius 3 is 2.77 bits per heavy atom. The van der Waals surface area contributed by atoms with Crippen molar-refractivity contribution in [2.24, 2.45) is 5.16 Å². The van der Waals surface area contributed by atoms with Gasteiger partial charge in [0.05, 0.1) is 11.8 Å². The van der Waals surface area contributed by atoms with Gasteiger partial charge in [-0.25, -0.2) is 4.79 Å². The van der Waals surface area contributed by atoms with Crippen LogP contribution in [0.5, 0.6) is 0 Å². The zero-order valence-corrected chi connectivity index (χ0v) is 8.02. The number of oxime groups is 1. The third kappa shape index (κ3) is 2.06. The van der Waals surface area contributed by atoms with Crippen molar-refractivity contribution in [1.29, 1.82) is 0 Å². The normalized spacial score (nSPS) is 10.5. The largest absolute Gasteiger partial charge is 0.478 e. The number of carbonyl (C=O) groups is 1. The predicted octanol–water partition coefficient (Wildman–Crippen LogP) is 1.96. The molecule has 0 unspecified atom stereocenters. The van der Waals surface area contributed by atoms with E-state index in [1.807, 2.05) is 0 Å². The van der Waals surface area contributed by atoms with Gasteiger partial charge in [-0.15, -0.1) is 0 Å². The smallest absolute Gasteiger partial charge is 0.336 e. The first-order chi connectivity index (χ1) is 6.16. The van der Waals surface area contributed by atoms with Crippen LogP contribution in [0.25, 0.3) is 0 Å². The molecule has 1 rings (SSSR count). The second kappa shape index (κ2) is 4.04. The Labute approximate surface area is 82.6 Å². The number of benzene rings is 1. The molecule has 0 aromatic heterocycles. The molecule has 0 bridgehead atoms. The summed E-state index contributed by atoms with van der Waals surface area (Å²) in [6.45, 7) is 0. The number of carboxylic acid groups (broad SMARTS) is 1. The summed E-state index contributed by atoms with van der Waals surface area (Å²) >= 11 is 3.15. The molecule has 0 saturated heterocycles. The Bertz CT molecular complexity index is 362. The molecule has 0 saturated carbocycles. The predicted molar refractivity (Wildman–Crippen MR) is 50.5 cm³/mol. The number of hydrogen-bond acceptors (Lipinski definition) is 3. The minimum Gasteiger partial charge on any atom is -0.478 e. The second-order valence-electron chi connectivity index (χ2n) is 2.25. The van der Waals surface area contributed by atoms with Crippen LogP contribution in [0.3, 0.4) is 0 Å². The SMILES string of the molecule is O=C(O)c1cccc(Br)c1/C=N/O. The summed E-state index contributed by atoms with van der Waals surface area (Å²) in [4.78, 5) is 10.7. The van der Waals surface area contributed by atoms with Gasteiger partial charge in [0.1, 0.15) is 0 Å². The van der Waals surface area contributed by atoms with E-state index in [1.165, 1.54) is 6.07 Å². The van der Waals surface area contributed by atoms with Gasteiger partial charge in [0.2, 0.25) is 0 Å². The van der Waals surface area contributed by atoms with Gasteiger partial charge >= 0.3 is 5.97 Å². The number of rotatable bonds is 2. The van der Waals surface area contributed by atoms with E-state index in [4.69, 9.17) is 10.3 Å². The van der Waals surface area contributed by atoms with E-state index < -0.39 is 5.97 Å². The third-order valence-electron chi connectivity index (χ3n) is 1.47. The van der Waals surface area contributed by atoms with Gasteiger partial charge in [-0.05, 0) is 12.1 Å². The maximum absolute atomic E-state index is 10.7. The molecule has 0 spiro atoms. The minimum atomic E-state index is -1.06. The molecule has 0 aliphatic heterocycles.